The number of amides is 1. The molecule has 1 unspecified atom stereocenters. The van der Waals surface area contributed by atoms with Gasteiger partial charge in [-0.2, -0.15) is 0 Å². The molecule has 0 saturated carbocycles. The lowest BCUT2D eigenvalue weighted by Gasteiger charge is -2.35. The molecule has 2 saturated heterocycles. The van der Waals surface area contributed by atoms with Crippen molar-refractivity contribution in [2.24, 2.45) is 5.92 Å². The molecule has 4 nitrogen and oxygen atoms in total. The number of hydrogen-bond acceptors (Lipinski definition) is 3. The van der Waals surface area contributed by atoms with E-state index in [1.165, 1.54) is 32.2 Å². The van der Waals surface area contributed by atoms with Crippen molar-refractivity contribution >= 4 is 5.91 Å². The first-order valence-electron chi connectivity index (χ1n) is 8.91. The molecular formula is C17H33N3O. The number of piperidine rings is 2. The van der Waals surface area contributed by atoms with Gasteiger partial charge in [0, 0.05) is 25.0 Å². The van der Waals surface area contributed by atoms with Crippen LogP contribution in [0.15, 0.2) is 0 Å². The van der Waals surface area contributed by atoms with Crippen LogP contribution in [0.4, 0.5) is 0 Å². The summed E-state index contributed by atoms with van der Waals surface area (Å²) < 4.78 is 0. The summed E-state index contributed by atoms with van der Waals surface area (Å²) in [6.45, 7) is 7.66. The average molecular weight is 295 g/mol. The minimum atomic E-state index is 0.250. The molecule has 0 aromatic rings. The summed E-state index contributed by atoms with van der Waals surface area (Å²) >= 11 is 0. The van der Waals surface area contributed by atoms with Gasteiger partial charge in [-0.1, -0.05) is 13.3 Å². The number of carbonyl (C=O) groups excluding carboxylic acids is 1. The lowest BCUT2D eigenvalue weighted by Crippen LogP contribution is -2.42. The standard InChI is InChI=1S/C17H33N3O/c1-3-16-7-4-5-11-20(16)12-6-10-18-17(21)15-8-13-19(2)14-9-15/h15-16H,3-14H2,1-2H3,(H,18,21). The van der Waals surface area contributed by atoms with Crippen LogP contribution in [0.5, 0.6) is 0 Å². The summed E-state index contributed by atoms with van der Waals surface area (Å²) in [5.41, 5.74) is 0. The Kier molecular flexibility index (Phi) is 6.97. The van der Waals surface area contributed by atoms with Crippen LogP contribution in [0, 0.1) is 5.92 Å². The molecule has 21 heavy (non-hydrogen) atoms. The number of carbonyl (C=O) groups is 1. The molecule has 1 atom stereocenters. The predicted molar refractivity (Wildman–Crippen MR) is 87.4 cm³/mol. The summed E-state index contributed by atoms with van der Waals surface area (Å²) in [4.78, 5) is 17.1. The highest BCUT2D eigenvalue weighted by Crippen LogP contribution is 2.19. The Labute approximate surface area is 130 Å². The van der Waals surface area contributed by atoms with E-state index in [2.05, 4.69) is 29.1 Å². The lowest BCUT2D eigenvalue weighted by atomic mass is 9.96. The largest absolute Gasteiger partial charge is 0.356 e. The third-order valence-electron chi connectivity index (χ3n) is 5.23. The van der Waals surface area contributed by atoms with Crippen molar-refractivity contribution in [1.82, 2.24) is 15.1 Å². The van der Waals surface area contributed by atoms with E-state index in [1.54, 1.807) is 0 Å². The van der Waals surface area contributed by atoms with Crippen molar-refractivity contribution in [3.63, 3.8) is 0 Å². The molecule has 0 aromatic carbocycles. The Morgan fingerprint density at radius 1 is 1.14 bits per heavy atom. The van der Waals surface area contributed by atoms with Crippen LogP contribution in [0.2, 0.25) is 0 Å². The van der Waals surface area contributed by atoms with Gasteiger partial charge in [0.25, 0.3) is 0 Å². The zero-order valence-corrected chi connectivity index (χ0v) is 13.9. The molecule has 4 heteroatoms. The van der Waals surface area contributed by atoms with E-state index in [4.69, 9.17) is 0 Å². The summed E-state index contributed by atoms with van der Waals surface area (Å²) in [6.07, 6.45) is 8.49. The second-order valence-electron chi connectivity index (χ2n) is 6.82. The molecule has 2 fully saturated rings. The molecule has 0 spiro atoms. The number of nitrogens with one attached hydrogen (secondary N) is 1. The van der Waals surface area contributed by atoms with Gasteiger partial charge in [0.05, 0.1) is 0 Å². The Bertz CT molecular complexity index is 313. The summed E-state index contributed by atoms with van der Waals surface area (Å²) in [6, 6.07) is 0.781. The molecule has 2 rings (SSSR count). The number of likely N-dealkylation sites (tertiary alicyclic amines) is 2. The Balaban J connectivity index is 1.59. The third kappa shape index (κ3) is 5.26. The fraction of sp³-hybridized carbons (Fsp3) is 0.941. The molecular weight excluding hydrogens is 262 g/mol. The molecule has 1 N–H and O–H groups in total. The molecule has 0 radical (unpaired) electrons. The number of nitrogens with zero attached hydrogens (tertiary/aromatic N) is 2. The van der Waals surface area contributed by atoms with Crippen molar-refractivity contribution in [3.05, 3.63) is 0 Å². The minimum absolute atomic E-state index is 0.250. The molecule has 0 bridgehead atoms. The third-order valence-corrected chi connectivity index (χ3v) is 5.23. The molecule has 1 amide bonds. The van der Waals surface area contributed by atoms with E-state index in [0.717, 1.165) is 51.5 Å². The Hall–Kier alpha value is -0.610. The van der Waals surface area contributed by atoms with Crippen molar-refractivity contribution in [3.8, 4) is 0 Å². The van der Waals surface area contributed by atoms with Crippen molar-refractivity contribution in [2.75, 3.05) is 39.8 Å². The molecule has 0 aromatic heterocycles. The van der Waals surface area contributed by atoms with Gasteiger partial charge >= 0.3 is 0 Å². The fourth-order valence-electron chi connectivity index (χ4n) is 3.73. The van der Waals surface area contributed by atoms with Crippen molar-refractivity contribution in [1.29, 1.82) is 0 Å². The number of hydrogen-bond donors (Lipinski definition) is 1. The van der Waals surface area contributed by atoms with Crippen LogP contribution in [0.1, 0.15) is 51.9 Å². The first-order valence-corrected chi connectivity index (χ1v) is 8.91. The van der Waals surface area contributed by atoms with E-state index in [9.17, 15) is 4.79 Å². The van der Waals surface area contributed by atoms with Gasteiger partial charge in [-0.15, -0.1) is 0 Å². The zero-order chi connectivity index (χ0) is 15.1. The van der Waals surface area contributed by atoms with E-state index < -0.39 is 0 Å². The molecule has 0 aliphatic carbocycles. The zero-order valence-electron chi connectivity index (χ0n) is 13.9. The summed E-state index contributed by atoms with van der Waals surface area (Å²) in [5.74, 6) is 0.536. The van der Waals surface area contributed by atoms with Crippen molar-refractivity contribution < 1.29 is 4.79 Å². The van der Waals surface area contributed by atoms with Crippen LogP contribution in [0.3, 0.4) is 0 Å². The average Bonchev–Trinajstić information content (AvgIpc) is 2.52. The normalized spacial score (nSPS) is 25.9. The van der Waals surface area contributed by atoms with Crippen molar-refractivity contribution in [2.45, 2.75) is 57.9 Å². The van der Waals surface area contributed by atoms with Gasteiger partial charge in [-0.25, -0.2) is 0 Å². The van der Waals surface area contributed by atoms with Gasteiger partial charge in [-0.05, 0) is 65.2 Å². The van der Waals surface area contributed by atoms with Crippen LogP contribution >= 0.6 is 0 Å². The SMILES string of the molecule is CCC1CCCCN1CCCNC(=O)C1CCN(C)CC1. The van der Waals surface area contributed by atoms with Gasteiger partial charge in [0.15, 0.2) is 0 Å². The second-order valence-corrected chi connectivity index (χ2v) is 6.82. The lowest BCUT2D eigenvalue weighted by molar-refractivity contribution is -0.126. The van der Waals surface area contributed by atoms with Gasteiger partial charge in [-0.3, -0.25) is 4.79 Å². The van der Waals surface area contributed by atoms with E-state index >= 15 is 0 Å². The monoisotopic (exact) mass is 295 g/mol. The highest BCUT2D eigenvalue weighted by atomic mass is 16.1. The van der Waals surface area contributed by atoms with Crippen LogP contribution in [-0.4, -0.2) is 61.5 Å². The fourth-order valence-corrected chi connectivity index (χ4v) is 3.73. The van der Waals surface area contributed by atoms with Gasteiger partial charge in [0.1, 0.15) is 0 Å². The van der Waals surface area contributed by atoms with E-state index in [0.29, 0.717) is 0 Å². The van der Waals surface area contributed by atoms with Crippen LogP contribution in [-0.2, 0) is 4.79 Å². The molecule has 122 valence electrons. The first-order chi connectivity index (χ1) is 10.2. The summed E-state index contributed by atoms with van der Waals surface area (Å²) in [5, 5.41) is 3.16. The van der Waals surface area contributed by atoms with Gasteiger partial charge < -0.3 is 15.1 Å². The molecule has 2 aliphatic rings. The topological polar surface area (TPSA) is 35.6 Å². The second kappa shape index (κ2) is 8.74. The van der Waals surface area contributed by atoms with Crippen LogP contribution < -0.4 is 5.32 Å². The first kappa shape index (κ1) is 16.8. The van der Waals surface area contributed by atoms with E-state index in [1.807, 2.05) is 0 Å². The number of rotatable bonds is 6. The maximum Gasteiger partial charge on any atom is 0.223 e. The minimum Gasteiger partial charge on any atom is -0.356 e. The maximum absolute atomic E-state index is 12.1. The van der Waals surface area contributed by atoms with Crippen LogP contribution in [0.25, 0.3) is 0 Å². The highest BCUT2D eigenvalue weighted by molar-refractivity contribution is 5.78. The molecule has 2 heterocycles. The van der Waals surface area contributed by atoms with Gasteiger partial charge in [0.2, 0.25) is 5.91 Å². The summed E-state index contributed by atoms with van der Waals surface area (Å²) in [7, 11) is 2.14. The Morgan fingerprint density at radius 2 is 1.90 bits per heavy atom. The quantitative estimate of drug-likeness (QED) is 0.762. The predicted octanol–water partition coefficient (Wildman–Crippen LogP) is 2.10. The highest BCUT2D eigenvalue weighted by Gasteiger charge is 2.23. The molecule has 2 aliphatic heterocycles. The van der Waals surface area contributed by atoms with E-state index in [-0.39, 0.29) is 11.8 Å². The smallest absolute Gasteiger partial charge is 0.223 e. The Morgan fingerprint density at radius 3 is 2.62 bits per heavy atom. The maximum atomic E-state index is 12.1.